The Kier molecular flexibility index (Phi) is 27.6. The average Bonchev–Trinajstić information content (AvgIpc) is 1.64. The van der Waals surface area contributed by atoms with E-state index in [0.29, 0.717) is 52.7 Å². The van der Waals surface area contributed by atoms with Gasteiger partial charge in [0.15, 0.2) is 5.96 Å². The maximum Gasteiger partial charge on any atom is 0.303 e. The average molecular weight is 1350 g/mol. The maximum atomic E-state index is 15.1. The molecule has 0 radical (unpaired) electrons. The Balaban J connectivity index is 1.17. The van der Waals surface area contributed by atoms with E-state index in [0.717, 1.165) is 17.7 Å². The van der Waals surface area contributed by atoms with Crippen molar-refractivity contribution in [3.63, 3.8) is 0 Å². The van der Waals surface area contributed by atoms with Gasteiger partial charge in [-0.15, -0.1) is 0 Å². The number of aliphatic imine (C=N–C) groups is 1. The van der Waals surface area contributed by atoms with E-state index in [4.69, 9.17) is 11.5 Å². The Bertz CT molecular complexity index is 3800. The van der Waals surface area contributed by atoms with Crippen molar-refractivity contribution in [2.75, 3.05) is 26.2 Å². The lowest BCUT2D eigenvalue weighted by molar-refractivity contribution is -0.142. The molecule has 0 saturated carbocycles. The van der Waals surface area contributed by atoms with Crippen LogP contribution in [0.1, 0.15) is 95.0 Å². The van der Waals surface area contributed by atoms with Gasteiger partial charge < -0.3 is 89.5 Å². The molecule has 4 aromatic carbocycles. The van der Waals surface area contributed by atoms with Crippen LogP contribution in [0, 0.1) is 5.92 Å². The lowest BCUT2D eigenvalue weighted by Crippen LogP contribution is -2.61. The molecule has 0 bridgehead atoms. The molecular formula is C68H88N16O14. The predicted molar refractivity (Wildman–Crippen MR) is 362 cm³/mol. The van der Waals surface area contributed by atoms with E-state index in [1.165, 1.54) is 41.7 Å². The van der Waals surface area contributed by atoms with Gasteiger partial charge >= 0.3 is 5.97 Å². The summed E-state index contributed by atoms with van der Waals surface area (Å²) in [5.74, 6) is -9.79. The summed E-state index contributed by atoms with van der Waals surface area (Å²) in [6.45, 7) is 6.17. The van der Waals surface area contributed by atoms with Crippen LogP contribution in [0.5, 0.6) is 5.75 Å². The fourth-order valence-electron chi connectivity index (χ4n) is 11.6. The number of imidazole rings is 1. The molecule has 3 heterocycles. The summed E-state index contributed by atoms with van der Waals surface area (Å²) in [6, 6.07) is 12.9. The number of aromatic amines is 2. The summed E-state index contributed by atoms with van der Waals surface area (Å²) >= 11 is 0. The van der Waals surface area contributed by atoms with Gasteiger partial charge in [-0.25, -0.2) is 4.98 Å². The molecule has 0 spiro atoms. The molecule has 18 N–H and O–H groups in total. The van der Waals surface area contributed by atoms with Gasteiger partial charge in [0, 0.05) is 87.7 Å². The number of phenols is 1. The highest BCUT2D eigenvalue weighted by molar-refractivity contribution is 5.99. The van der Waals surface area contributed by atoms with E-state index in [-0.39, 0.29) is 88.0 Å². The van der Waals surface area contributed by atoms with Gasteiger partial charge in [0.05, 0.1) is 12.9 Å². The van der Waals surface area contributed by atoms with E-state index in [2.05, 4.69) is 67.8 Å². The Hall–Kier alpha value is -10.9. The molecule has 1 saturated heterocycles. The number of carbonyl (C=O) groups is 11. The number of hydrogen-bond donors (Lipinski definition) is 16. The van der Waals surface area contributed by atoms with Crippen LogP contribution in [-0.4, -0.2) is 187 Å². The number of aliphatic hydroxyl groups excluding tert-OH is 1. The molecule has 0 aliphatic carbocycles. The zero-order valence-electron chi connectivity index (χ0n) is 55.1. The molecule has 524 valence electrons. The zero-order valence-corrected chi connectivity index (χ0v) is 55.1. The highest BCUT2D eigenvalue weighted by atomic mass is 16.4. The number of aromatic nitrogens is 3. The molecule has 6 aromatic rings. The number of fused-ring (bicyclic) bond motifs is 2. The van der Waals surface area contributed by atoms with Gasteiger partial charge in [-0.3, -0.25) is 57.7 Å². The maximum absolute atomic E-state index is 15.1. The van der Waals surface area contributed by atoms with Crippen molar-refractivity contribution in [3.8, 4) is 5.75 Å². The molecule has 30 nitrogen and oxygen atoms in total. The lowest BCUT2D eigenvalue weighted by atomic mass is 9.98. The molecule has 10 amide bonds. The number of aromatic hydroxyl groups is 1. The first kappa shape index (κ1) is 74.5. The second-order valence-electron chi connectivity index (χ2n) is 24.6. The van der Waals surface area contributed by atoms with Crippen LogP contribution in [0.15, 0.2) is 115 Å². The van der Waals surface area contributed by atoms with Crippen molar-refractivity contribution >= 4 is 92.7 Å². The summed E-state index contributed by atoms with van der Waals surface area (Å²) < 4.78 is 0. The largest absolute Gasteiger partial charge is 0.508 e. The molecule has 9 atom stereocenters. The summed E-state index contributed by atoms with van der Waals surface area (Å²) in [6.07, 6.45) is 3.79. The number of benzene rings is 4. The van der Waals surface area contributed by atoms with E-state index in [1.807, 2.05) is 50.2 Å². The van der Waals surface area contributed by atoms with Crippen molar-refractivity contribution < 1.29 is 68.1 Å². The van der Waals surface area contributed by atoms with Crippen molar-refractivity contribution in [3.05, 3.63) is 132 Å². The van der Waals surface area contributed by atoms with Gasteiger partial charge in [0.2, 0.25) is 59.1 Å². The number of aliphatic carboxylic acids is 1. The number of phenolic OH excluding ortho intramolecular Hbond substituents is 1. The minimum Gasteiger partial charge on any atom is -0.508 e. The number of aliphatic hydroxyl groups is 1. The molecule has 0 unspecified atom stereocenters. The van der Waals surface area contributed by atoms with Gasteiger partial charge in [-0.2, -0.15) is 0 Å². The van der Waals surface area contributed by atoms with E-state index in [9.17, 15) is 58.5 Å². The first-order chi connectivity index (χ1) is 46.9. The molecule has 2 aromatic heterocycles. The molecule has 98 heavy (non-hydrogen) atoms. The van der Waals surface area contributed by atoms with Crippen molar-refractivity contribution in [2.45, 2.75) is 153 Å². The monoisotopic (exact) mass is 1350 g/mol. The van der Waals surface area contributed by atoms with E-state index < -0.39 is 127 Å². The summed E-state index contributed by atoms with van der Waals surface area (Å²) in [7, 11) is 0. The molecule has 1 aliphatic rings. The van der Waals surface area contributed by atoms with Crippen molar-refractivity contribution in [1.29, 1.82) is 0 Å². The lowest BCUT2D eigenvalue weighted by Gasteiger charge is -2.30. The van der Waals surface area contributed by atoms with Gasteiger partial charge in [-0.05, 0) is 97.0 Å². The minimum absolute atomic E-state index is 0.0490. The Labute approximate surface area is 565 Å². The normalized spacial score (nSPS) is 15.2. The molecule has 1 aliphatic heterocycles. The summed E-state index contributed by atoms with van der Waals surface area (Å²) in [5, 5.41) is 57.0. The number of nitrogens with zero attached hydrogens (tertiary/aromatic N) is 3. The third kappa shape index (κ3) is 22.1. The quantitative estimate of drug-likeness (QED) is 0.0140. The number of para-hydroxylation sites is 1. The number of guanidine groups is 1. The van der Waals surface area contributed by atoms with Gasteiger partial charge in [0.25, 0.3) is 0 Å². The first-order valence-electron chi connectivity index (χ1n) is 32.5. The Morgan fingerprint density at radius 2 is 1.20 bits per heavy atom. The number of likely N-dealkylation sites (tertiary alicyclic amines) is 1. The van der Waals surface area contributed by atoms with E-state index >= 15 is 9.59 Å². The van der Waals surface area contributed by atoms with Crippen LogP contribution >= 0.6 is 0 Å². The minimum atomic E-state index is -1.84. The predicted octanol–water partition coefficient (Wildman–Crippen LogP) is 0.00260. The zero-order chi connectivity index (χ0) is 71.0. The highest BCUT2D eigenvalue weighted by Crippen LogP contribution is 2.23. The Morgan fingerprint density at radius 1 is 0.643 bits per heavy atom. The smallest absolute Gasteiger partial charge is 0.303 e. The summed E-state index contributed by atoms with van der Waals surface area (Å²) in [5.41, 5.74) is 13.7. The second-order valence-corrected chi connectivity index (χ2v) is 24.6. The fourth-order valence-corrected chi connectivity index (χ4v) is 11.6. The number of hydrogen-bond acceptors (Lipinski definition) is 15. The SMILES string of the molecule is CCNC(=O)[C@@H]1CCCN1C(=O)[C@H](CCCN=C(N)N)NC(=O)[C@H](CC(C)C)NC(=O)[C@@H](Cc1ccc2ccccc2c1)NC(=O)[C@H](Cc1ccc(O)cc1)NC(=O)[C@H](CO)NC(=O)[C@H](Cc1c[nH]c2ccccc12)NC(=O)[C@H](Cc1cnc[nH]1)NC(=O)[C@H](CCC(=O)O)NC(C)=O. The number of amides is 10. The van der Waals surface area contributed by atoms with E-state index in [1.54, 1.807) is 43.5 Å². The fraction of sp³-hybridized carbons (Fsp3) is 0.426. The Morgan fingerprint density at radius 3 is 1.82 bits per heavy atom. The number of H-pyrrole nitrogens is 2. The number of carboxylic acids is 1. The van der Waals surface area contributed by atoms with Crippen LogP contribution in [0.2, 0.25) is 0 Å². The van der Waals surface area contributed by atoms with Crippen LogP contribution in [0.3, 0.4) is 0 Å². The standard InChI is InChI=1S/C68H88N16O14/c1-5-72-66(97)57-17-11-27-84(57)67(98)50(16-10-26-73-68(69)70)77-60(91)51(28-38(2)3)78-62(93)53(31-41-18-21-42-12-6-7-13-43(42)29-41)79-61(92)52(30-40-19-22-46(87)23-20-40)80-65(96)56(36-85)83-63(94)54(32-44-34-74-48-15-9-8-14-47(44)48)81-64(95)55(33-45-35-71-37-75-45)82-59(90)49(76-39(4)86)24-25-58(88)89/h6-9,12-15,18-23,29,34-35,37-38,49-57,74,85,87H,5,10-11,16-17,24-28,30-33,36H2,1-4H3,(H,71,75)(H,72,97)(H,76,86)(H,77,91)(H,78,93)(H,79,92)(H,80,96)(H,81,95)(H,82,90)(H,83,94)(H,88,89)(H4,69,70,73)/t49-,50-,51-,52-,53+,54-,55-,56-,57-/m0/s1. The van der Waals surface area contributed by atoms with Gasteiger partial charge in [-0.1, -0.05) is 86.6 Å². The number of carbonyl (C=O) groups excluding carboxylic acids is 10. The molecular weight excluding hydrogens is 1260 g/mol. The first-order valence-corrected chi connectivity index (χ1v) is 32.5. The third-order valence-electron chi connectivity index (χ3n) is 16.5. The summed E-state index contributed by atoms with van der Waals surface area (Å²) in [4.78, 5) is 170. The second kappa shape index (κ2) is 36.3. The topological polar surface area (TPSA) is 469 Å². The number of rotatable bonds is 36. The molecule has 1 fully saturated rings. The highest BCUT2D eigenvalue weighted by Gasteiger charge is 2.40. The number of nitrogens with two attached hydrogens (primary N) is 2. The number of likely N-dealkylation sites (N-methyl/N-ethyl adjacent to an activating group) is 1. The van der Waals surface area contributed by atoms with Crippen LogP contribution < -0.4 is 59.3 Å². The van der Waals surface area contributed by atoms with Crippen molar-refractivity contribution in [2.24, 2.45) is 22.4 Å². The molecule has 30 heteroatoms. The van der Waals surface area contributed by atoms with Crippen LogP contribution in [0.4, 0.5) is 0 Å². The third-order valence-corrected chi connectivity index (χ3v) is 16.5. The molecule has 7 rings (SSSR count). The number of carboxylic acid groups (broad SMARTS) is 1. The van der Waals surface area contributed by atoms with Gasteiger partial charge in [0.1, 0.15) is 60.1 Å². The number of nitrogens with one attached hydrogen (secondary N) is 11. The van der Waals surface area contributed by atoms with Crippen LogP contribution in [0.25, 0.3) is 21.7 Å². The van der Waals surface area contributed by atoms with Crippen LogP contribution in [-0.2, 0) is 78.4 Å². The van der Waals surface area contributed by atoms with Crippen molar-refractivity contribution in [1.82, 2.24) is 67.7 Å².